The van der Waals surface area contributed by atoms with Crippen LogP contribution in [0.2, 0.25) is 0 Å². The molecule has 0 amide bonds. The first-order valence-corrected chi connectivity index (χ1v) is 25.0. The molecule has 20 N–H and O–H groups in total. The molecule has 0 saturated carbocycles. The van der Waals surface area contributed by atoms with E-state index in [-0.39, 0.29) is 6.42 Å². The molecule has 21 saturated heterocycles. The summed E-state index contributed by atoms with van der Waals surface area (Å²) >= 11 is 0. The van der Waals surface area contributed by atoms with Crippen molar-refractivity contribution in [2.24, 2.45) is 0 Å². The van der Waals surface area contributed by atoms with Crippen LogP contribution in [-0.4, -0.2) is 357 Å². The molecule has 0 spiro atoms. The Balaban J connectivity index is 1.08. The first kappa shape index (κ1) is 61.7. The summed E-state index contributed by atoms with van der Waals surface area (Å²) in [5.74, 6) is 0. The summed E-state index contributed by atoms with van der Waals surface area (Å²) < 4.78 is 80.3. The highest BCUT2D eigenvalue weighted by atomic mass is 16.8. The molecule has 21 rings (SSSR count). The van der Waals surface area contributed by atoms with Gasteiger partial charge in [0.1, 0.15) is 165 Å². The number of hydrogen-bond acceptors (Lipinski definition) is 34. The molecule has 0 aromatic heterocycles. The van der Waals surface area contributed by atoms with Crippen molar-refractivity contribution in [3.05, 3.63) is 0 Å². The lowest BCUT2D eigenvalue weighted by atomic mass is 9.94. The summed E-state index contributed by atoms with van der Waals surface area (Å²) in [4.78, 5) is 0. The molecule has 0 aromatic carbocycles. The van der Waals surface area contributed by atoms with Gasteiger partial charge >= 0.3 is 0 Å². The summed E-state index contributed by atoms with van der Waals surface area (Å²) in [7, 11) is 0. The second-order valence-electron chi connectivity index (χ2n) is 19.9. The van der Waals surface area contributed by atoms with Gasteiger partial charge in [-0.05, 0) is 6.42 Å². The lowest BCUT2D eigenvalue weighted by Gasteiger charge is -2.50. The van der Waals surface area contributed by atoms with Crippen molar-refractivity contribution in [2.75, 3.05) is 39.6 Å². The topological polar surface area (TPSA) is 534 Å². The number of aliphatic hydroxyl groups excluding tert-OH is 20. The lowest BCUT2D eigenvalue weighted by Crippen LogP contribution is -2.68. The van der Waals surface area contributed by atoms with Crippen LogP contribution < -0.4 is 0 Å². The van der Waals surface area contributed by atoms with Crippen LogP contribution in [0, 0.1) is 0 Å². The van der Waals surface area contributed by atoms with E-state index in [1.165, 1.54) is 6.92 Å². The largest absolute Gasteiger partial charge is 0.394 e. The molecular weight excluding hydrogens is 1060 g/mol. The smallest absolute Gasteiger partial charge is 0.187 e. The van der Waals surface area contributed by atoms with Crippen LogP contribution in [0.15, 0.2) is 0 Å². The standard InChI is InChI=1S/C43H72O34/c1-2-9-30-16(50)23(57)37(64-9)72-31-10(3-44)66-39(25(59)18(31)52)74-33-12(5-46)68-41(27(61)20(33)54)76-35-14(7-48)70-43(29(63)22(35)56)77-36-15(8-49)69-42(28(62)21(36)55)75-34-13(6-47)67-40(26(60)19(34)53)73-32-11(4-45)65-38(71-30)24(58)17(32)51/h9-63H,2-8H2,1H3/t9?,10?,11?,12?,13?,14?,15?,16?,17?,18?,19?,20?,21?,22?,23?,24?,25?,26?,27?,28?,29?,30-,31-,32-,33-,34-,35-,36-,37-,38-,39+,40-,41+,42-,43-/m1/s1. The molecule has 0 radical (unpaired) electrons. The summed E-state index contributed by atoms with van der Waals surface area (Å²) in [6.45, 7) is -4.59. The summed E-state index contributed by atoms with van der Waals surface area (Å²) in [5, 5.41) is 221. The fraction of sp³-hybridized carbons (Fsp3) is 1.00. The van der Waals surface area contributed by atoms with E-state index in [0.717, 1.165) is 0 Å². The highest BCUT2D eigenvalue weighted by Gasteiger charge is 2.59. The molecule has 21 aliphatic rings. The van der Waals surface area contributed by atoms with Crippen LogP contribution in [0.1, 0.15) is 13.3 Å². The molecule has 14 bridgehead atoms. The molecular formula is C43H72O34. The van der Waals surface area contributed by atoms with Gasteiger partial charge in [-0.1, -0.05) is 6.92 Å². The molecule has 21 aliphatic heterocycles. The Morgan fingerprint density at radius 2 is 0.325 bits per heavy atom. The van der Waals surface area contributed by atoms with Gasteiger partial charge in [0.25, 0.3) is 0 Å². The van der Waals surface area contributed by atoms with E-state index in [1.807, 2.05) is 0 Å². The van der Waals surface area contributed by atoms with Crippen LogP contribution >= 0.6 is 0 Å². The van der Waals surface area contributed by atoms with E-state index in [0.29, 0.717) is 0 Å². The minimum atomic E-state index is -2.20. The van der Waals surface area contributed by atoms with E-state index < -0.39 is 255 Å². The van der Waals surface area contributed by atoms with Gasteiger partial charge in [0.15, 0.2) is 44.0 Å². The van der Waals surface area contributed by atoms with Crippen molar-refractivity contribution in [2.45, 2.75) is 228 Å². The monoisotopic (exact) mass is 1130 g/mol. The molecule has 0 aromatic rings. The van der Waals surface area contributed by atoms with E-state index in [2.05, 4.69) is 0 Å². The van der Waals surface area contributed by atoms with Gasteiger partial charge in [-0.2, -0.15) is 0 Å². The Hall–Kier alpha value is -1.36. The van der Waals surface area contributed by atoms with E-state index >= 15 is 0 Å². The first-order chi connectivity index (χ1) is 36.7. The third-order valence-electron chi connectivity index (χ3n) is 15.0. The molecule has 34 heteroatoms. The van der Waals surface area contributed by atoms with Crippen molar-refractivity contribution in [3.8, 4) is 0 Å². The maximum Gasteiger partial charge on any atom is 0.187 e. The maximum absolute atomic E-state index is 11.4. The second kappa shape index (κ2) is 26.1. The Kier molecular flexibility index (Phi) is 20.9. The zero-order chi connectivity index (χ0) is 56.1. The SMILES string of the molecule is CCC1O[C@@H]2O[C@@H]3C(CO)O[C@@H](O[C@@H]4C(CO)O[C@@H](O[C@@H]5C(CO)O[C@H](O[C@@H]6C(CO)O[C@H](O[C@@H]7C(CO)O[C@H](O[C@@H]8C(CO)O[C@H](O[C@H]1C(O)C2O)C(O)C8O)C(O)C7O)C(O)C6O)C(O)C5O)C(O)C4O)C(O)C3O. The highest BCUT2D eigenvalue weighted by Crippen LogP contribution is 2.39. The predicted octanol–water partition coefficient (Wildman–Crippen LogP) is -13.8. The molecule has 34 nitrogen and oxygen atoms in total. The third-order valence-corrected chi connectivity index (χ3v) is 15.0. The van der Waals surface area contributed by atoms with E-state index in [4.69, 9.17) is 66.3 Å². The van der Waals surface area contributed by atoms with Crippen molar-refractivity contribution in [1.82, 2.24) is 0 Å². The van der Waals surface area contributed by atoms with Crippen LogP contribution in [0.4, 0.5) is 0 Å². The maximum atomic E-state index is 11.4. The average molecular weight is 1130 g/mol. The fourth-order valence-electron chi connectivity index (χ4n) is 10.6. The minimum Gasteiger partial charge on any atom is -0.394 e. The van der Waals surface area contributed by atoms with Crippen molar-refractivity contribution in [3.63, 3.8) is 0 Å². The Bertz CT molecular complexity index is 1470. The quantitative estimate of drug-likeness (QED) is 0.113. The fourth-order valence-corrected chi connectivity index (χ4v) is 10.6. The minimum absolute atomic E-state index is 0.0468. The molecule has 448 valence electrons. The summed E-state index contributed by atoms with van der Waals surface area (Å²) in [6, 6.07) is 0. The average Bonchev–Trinajstić information content (AvgIpc) is 3.47. The van der Waals surface area contributed by atoms with Crippen LogP contribution in [0.25, 0.3) is 0 Å². The van der Waals surface area contributed by atoms with Gasteiger partial charge in [-0.15, -0.1) is 0 Å². The molecule has 21 unspecified atom stereocenters. The van der Waals surface area contributed by atoms with E-state index in [1.54, 1.807) is 0 Å². The summed E-state index contributed by atoms with van der Waals surface area (Å²) in [5.41, 5.74) is 0. The van der Waals surface area contributed by atoms with Gasteiger partial charge in [0.2, 0.25) is 0 Å². The van der Waals surface area contributed by atoms with Gasteiger partial charge in [-0.25, -0.2) is 0 Å². The molecule has 77 heavy (non-hydrogen) atoms. The van der Waals surface area contributed by atoms with Crippen LogP contribution in [0.5, 0.6) is 0 Å². The number of ether oxygens (including phenoxy) is 14. The molecule has 21 fully saturated rings. The molecule has 21 heterocycles. The predicted molar refractivity (Wildman–Crippen MR) is 232 cm³/mol. The Labute approximate surface area is 435 Å². The van der Waals surface area contributed by atoms with Crippen LogP contribution in [-0.2, 0) is 66.3 Å². The van der Waals surface area contributed by atoms with E-state index in [9.17, 15) is 102 Å². The zero-order valence-corrected chi connectivity index (χ0v) is 40.8. The van der Waals surface area contributed by atoms with Gasteiger partial charge in [-0.3, -0.25) is 0 Å². The highest BCUT2D eigenvalue weighted by molar-refractivity contribution is 5.01. The lowest BCUT2D eigenvalue weighted by molar-refractivity contribution is -0.396. The van der Waals surface area contributed by atoms with Gasteiger partial charge in [0.05, 0.1) is 45.7 Å². The number of aliphatic hydroxyl groups is 20. The van der Waals surface area contributed by atoms with Crippen molar-refractivity contribution in [1.29, 1.82) is 0 Å². The Morgan fingerprint density at radius 1 is 0.195 bits per heavy atom. The van der Waals surface area contributed by atoms with Gasteiger partial charge < -0.3 is 168 Å². The Morgan fingerprint density at radius 3 is 0.455 bits per heavy atom. The van der Waals surface area contributed by atoms with Crippen LogP contribution in [0.3, 0.4) is 0 Å². The molecule has 0 aliphatic carbocycles. The molecule has 35 atom stereocenters. The first-order valence-electron chi connectivity index (χ1n) is 25.0. The number of hydrogen-bond donors (Lipinski definition) is 20. The van der Waals surface area contributed by atoms with Crippen molar-refractivity contribution >= 4 is 0 Å². The van der Waals surface area contributed by atoms with Gasteiger partial charge in [0, 0.05) is 0 Å². The second-order valence-corrected chi connectivity index (χ2v) is 19.9. The normalized spacial score (nSPS) is 55.4. The number of rotatable bonds is 7. The van der Waals surface area contributed by atoms with Crippen molar-refractivity contribution < 1.29 is 168 Å². The zero-order valence-electron chi connectivity index (χ0n) is 40.8. The summed E-state index contributed by atoms with van der Waals surface area (Å²) in [6.07, 6.45) is -68.1. The third kappa shape index (κ3) is 12.1.